The Labute approximate surface area is 118 Å². The molecule has 0 saturated heterocycles. The third kappa shape index (κ3) is 5.33. The summed E-state index contributed by atoms with van der Waals surface area (Å²) in [5.74, 6) is 0. The number of aryl methyl sites for hydroxylation is 2. The van der Waals surface area contributed by atoms with Crippen molar-refractivity contribution in [3.05, 3.63) is 34.9 Å². The monoisotopic (exact) mass is 263 g/mol. The van der Waals surface area contributed by atoms with Gasteiger partial charge in [-0.05, 0) is 38.8 Å². The summed E-state index contributed by atoms with van der Waals surface area (Å²) in [6.07, 6.45) is 3.60. The van der Waals surface area contributed by atoms with E-state index in [1.54, 1.807) is 0 Å². The summed E-state index contributed by atoms with van der Waals surface area (Å²) in [5.41, 5.74) is 4.09. The van der Waals surface area contributed by atoms with Crippen molar-refractivity contribution >= 4 is 0 Å². The maximum Gasteiger partial charge on any atom is 0.0727 e. The van der Waals surface area contributed by atoms with E-state index in [1.807, 2.05) is 7.11 Å². The average Bonchev–Trinajstić information content (AvgIpc) is 2.34. The summed E-state index contributed by atoms with van der Waals surface area (Å²) in [4.78, 5) is 0. The molecule has 1 aromatic rings. The standard InChI is InChI=1S/C17H29NO/c1-6-8-17(19-5)16(18-7-2)12-15-10-13(3)9-14(4)11-15/h9-11,16-18H,6-8,12H2,1-5H3. The maximum absolute atomic E-state index is 5.68. The van der Waals surface area contributed by atoms with Crippen LogP contribution in [0.1, 0.15) is 43.4 Å². The third-order valence-electron chi connectivity index (χ3n) is 3.53. The zero-order valence-corrected chi connectivity index (χ0v) is 13.1. The highest BCUT2D eigenvalue weighted by Crippen LogP contribution is 2.15. The van der Waals surface area contributed by atoms with Crippen molar-refractivity contribution in [3.8, 4) is 0 Å². The fourth-order valence-electron chi connectivity index (χ4n) is 2.81. The molecule has 0 fully saturated rings. The van der Waals surface area contributed by atoms with Gasteiger partial charge in [0.15, 0.2) is 0 Å². The van der Waals surface area contributed by atoms with Gasteiger partial charge in [0.2, 0.25) is 0 Å². The number of hydrogen-bond donors (Lipinski definition) is 1. The lowest BCUT2D eigenvalue weighted by molar-refractivity contribution is 0.0614. The second-order valence-electron chi connectivity index (χ2n) is 5.43. The molecule has 1 N–H and O–H groups in total. The summed E-state index contributed by atoms with van der Waals surface area (Å²) in [7, 11) is 1.83. The van der Waals surface area contributed by atoms with Crippen LogP contribution in [-0.2, 0) is 11.2 Å². The van der Waals surface area contributed by atoms with Crippen LogP contribution in [0.3, 0.4) is 0 Å². The van der Waals surface area contributed by atoms with Crippen LogP contribution in [0.4, 0.5) is 0 Å². The van der Waals surface area contributed by atoms with Gasteiger partial charge in [0.25, 0.3) is 0 Å². The van der Waals surface area contributed by atoms with Crippen molar-refractivity contribution in [2.24, 2.45) is 0 Å². The Kier molecular flexibility index (Phi) is 7.11. The van der Waals surface area contributed by atoms with Crippen molar-refractivity contribution in [2.75, 3.05) is 13.7 Å². The smallest absolute Gasteiger partial charge is 0.0727 e. The van der Waals surface area contributed by atoms with Gasteiger partial charge in [0.05, 0.1) is 6.10 Å². The Hall–Kier alpha value is -0.860. The van der Waals surface area contributed by atoms with Gasteiger partial charge in [-0.15, -0.1) is 0 Å². The molecule has 0 aromatic heterocycles. The molecule has 0 aliphatic heterocycles. The first kappa shape index (κ1) is 16.2. The van der Waals surface area contributed by atoms with Crippen LogP contribution >= 0.6 is 0 Å². The number of methoxy groups -OCH3 is 1. The van der Waals surface area contributed by atoms with E-state index in [-0.39, 0.29) is 0 Å². The number of nitrogens with one attached hydrogen (secondary N) is 1. The van der Waals surface area contributed by atoms with E-state index in [9.17, 15) is 0 Å². The van der Waals surface area contributed by atoms with Crippen LogP contribution in [0.2, 0.25) is 0 Å². The van der Waals surface area contributed by atoms with Gasteiger partial charge in [-0.1, -0.05) is 49.6 Å². The van der Waals surface area contributed by atoms with Gasteiger partial charge in [0.1, 0.15) is 0 Å². The maximum atomic E-state index is 5.68. The second-order valence-corrected chi connectivity index (χ2v) is 5.43. The van der Waals surface area contributed by atoms with Crippen LogP contribution in [0.15, 0.2) is 18.2 Å². The van der Waals surface area contributed by atoms with Crippen LogP contribution in [0.25, 0.3) is 0 Å². The Bertz CT molecular complexity index is 355. The zero-order valence-electron chi connectivity index (χ0n) is 13.1. The second kappa shape index (κ2) is 8.34. The molecular weight excluding hydrogens is 234 g/mol. The number of ether oxygens (including phenoxy) is 1. The molecule has 0 aliphatic rings. The summed E-state index contributed by atoms with van der Waals surface area (Å²) in [5, 5.41) is 3.58. The van der Waals surface area contributed by atoms with Crippen molar-refractivity contribution < 1.29 is 4.74 Å². The van der Waals surface area contributed by atoms with E-state index < -0.39 is 0 Å². The Morgan fingerprint density at radius 1 is 1.11 bits per heavy atom. The van der Waals surface area contributed by atoms with Gasteiger partial charge < -0.3 is 10.1 Å². The van der Waals surface area contributed by atoms with E-state index >= 15 is 0 Å². The predicted molar refractivity (Wildman–Crippen MR) is 82.8 cm³/mol. The van der Waals surface area contributed by atoms with Crippen molar-refractivity contribution in [3.63, 3.8) is 0 Å². The molecule has 2 unspecified atom stereocenters. The van der Waals surface area contributed by atoms with E-state index in [0.29, 0.717) is 12.1 Å². The predicted octanol–water partition coefficient (Wildman–Crippen LogP) is 3.64. The Balaban J connectivity index is 2.81. The summed E-state index contributed by atoms with van der Waals surface area (Å²) < 4.78 is 5.68. The fraction of sp³-hybridized carbons (Fsp3) is 0.647. The topological polar surface area (TPSA) is 21.3 Å². The van der Waals surface area contributed by atoms with E-state index in [4.69, 9.17) is 4.74 Å². The molecule has 2 atom stereocenters. The zero-order chi connectivity index (χ0) is 14.3. The highest BCUT2D eigenvalue weighted by molar-refractivity contribution is 5.29. The minimum absolute atomic E-state index is 0.297. The molecule has 19 heavy (non-hydrogen) atoms. The summed E-state index contributed by atoms with van der Waals surface area (Å²) in [6, 6.07) is 7.20. The van der Waals surface area contributed by atoms with Crippen LogP contribution in [0.5, 0.6) is 0 Å². The minimum atomic E-state index is 0.297. The Morgan fingerprint density at radius 3 is 2.21 bits per heavy atom. The molecule has 0 saturated carbocycles. The molecule has 0 aliphatic carbocycles. The first-order valence-corrected chi connectivity index (χ1v) is 7.44. The van der Waals surface area contributed by atoms with E-state index in [2.05, 4.69) is 51.2 Å². The van der Waals surface area contributed by atoms with Gasteiger partial charge in [0, 0.05) is 13.2 Å². The van der Waals surface area contributed by atoms with Gasteiger partial charge in [-0.2, -0.15) is 0 Å². The van der Waals surface area contributed by atoms with Gasteiger partial charge in [-0.25, -0.2) is 0 Å². The van der Waals surface area contributed by atoms with Crippen molar-refractivity contribution in [1.29, 1.82) is 0 Å². The van der Waals surface area contributed by atoms with Crippen LogP contribution < -0.4 is 5.32 Å². The largest absolute Gasteiger partial charge is 0.380 e. The Morgan fingerprint density at radius 2 is 1.74 bits per heavy atom. The number of benzene rings is 1. The fourth-order valence-corrected chi connectivity index (χ4v) is 2.81. The lowest BCUT2D eigenvalue weighted by Crippen LogP contribution is -2.42. The van der Waals surface area contributed by atoms with Crippen molar-refractivity contribution in [2.45, 2.75) is 59.1 Å². The third-order valence-corrected chi connectivity index (χ3v) is 3.53. The number of likely N-dealkylation sites (N-methyl/N-ethyl adjacent to an activating group) is 1. The lowest BCUT2D eigenvalue weighted by atomic mass is 9.96. The van der Waals surface area contributed by atoms with Crippen LogP contribution in [-0.4, -0.2) is 25.8 Å². The molecule has 0 amide bonds. The quantitative estimate of drug-likeness (QED) is 0.773. The molecule has 1 aromatic carbocycles. The molecule has 0 bridgehead atoms. The number of rotatable bonds is 8. The molecule has 2 heteroatoms. The molecule has 1 rings (SSSR count). The first-order valence-electron chi connectivity index (χ1n) is 7.44. The van der Waals surface area contributed by atoms with Gasteiger partial charge >= 0.3 is 0 Å². The molecular formula is C17H29NO. The molecule has 0 radical (unpaired) electrons. The molecule has 2 nitrogen and oxygen atoms in total. The van der Waals surface area contributed by atoms with Crippen LogP contribution in [0, 0.1) is 13.8 Å². The van der Waals surface area contributed by atoms with E-state index in [0.717, 1.165) is 25.8 Å². The molecule has 0 spiro atoms. The van der Waals surface area contributed by atoms with E-state index in [1.165, 1.54) is 16.7 Å². The normalized spacial score (nSPS) is 14.4. The highest BCUT2D eigenvalue weighted by Gasteiger charge is 2.20. The first-order chi connectivity index (χ1) is 9.10. The lowest BCUT2D eigenvalue weighted by Gasteiger charge is -2.27. The van der Waals surface area contributed by atoms with Gasteiger partial charge in [-0.3, -0.25) is 0 Å². The minimum Gasteiger partial charge on any atom is -0.380 e. The van der Waals surface area contributed by atoms with Crippen molar-refractivity contribution in [1.82, 2.24) is 5.32 Å². The summed E-state index contributed by atoms with van der Waals surface area (Å²) in [6.45, 7) is 9.69. The molecule has 108 valence electrons. The SMILES string of the molecule is CCCC(OC)C(Cc1cc(C)cc(C)c1)NCC. The summed E-state index contributed by atoms with van der Waals surface area (Å²) >= 11 is 0. The average molecular weight is 263 g/mol. The number of hydrogen-bond acceptors (Lipinski definition) is 2. The molecule has 0 heterocycles. The highest BCUT2D eigenvalue weighted by atomic mass is 16.5.